The first-order chi connectivity index (χ1) is 21.3. The Hall–Kier alpha value is -2.42. The predicted octanol–water partition coefficient (Wildman–Crippen LogP) is 7.14. The van der Waals surface area contributed by atoms with Gasteiger partial charge in [0.05, 0.1) is 13.2 Å². The number of ether oxygens (including phenoxy) is 1. The Kier molecular flexibility index (Phi) is 28.9. The molecule has 0 aliphatic carbocycles. The lowest BCUT2D eigenvalue weighted by atomic mass is 10.0. The molecule has 256 valence electrons. The van der Waals surface area contributed by atoms with Gasteiger partial charge in [0, 0.05) is 12.8 Å². The topological polar surface area (TPSA) is 142 Å². The molecular formula is C35H64N2O7. The number of carboxylic acid groups (broad SMARTS) is 1. The SMILES string of the molecule is CCC/C=C\C(CCCCCCC(=O)NCC(=O)NC(CO)C(=O)O)OC(=O)CCCCCCCCCCCCCCCC. The molecule has 0 saturated heterocycles. The number of esters is 1. The van der Waals surface area contributed by atoms with Crippen LogP contribution in [0.2, 0.25) is 0 Å². The van der Waals surface area contributed by atoms with E-state index in [4.69, 9.17) is 14.9 Å². The highest BCUT2D eigenvalue weighted by Gasteiger charge is 2.18. The quantitative estimate of drug-likeness (QED) is 0.0365. The van der Waals surface area contributed by atoms with Gasteiger partial charge in [-0.1, -0.05) is 123 Å². The molecular weight excluding hydrogens is 560 g/mol. The van der Waals surface area contributed by atoms with Gasteiger partial charge in [0.2, 0.25) is 11.8 Å². The number of unbranched alkanes of at least 4 members (excludes halogenated alkanes) is 17. The zero-order valence-electron chi connectivity index (χ0n) is 27.9. The van der Waals surface area contributed by atoms with Gasteiger partial charge >= 0.3 is 11.9 Å². The van der Waals surface area contributed by atoms with Crippen LogP contribution in [0.15, 0.2) is 12.2 Å². The third-order valence-electron chi connectivity index (χ3n) is 7.73. The molecule has 0 spiro atoms. The van der Waals surface area contributed by atoms with Crippen LogP contribution in [0.4, 0.5) is 0 Å². The van der Waals surface area contributed by atoms with Gasteiger partial charge in [-0.3, -0.25) is 14.4 Å². The van der Waals surface area contributed by atoms with Crippen LogP contribution in [-0.2, 0) is 23.9 Å². The normalized spacial score (nSPS) is 12.6. The van der Waals surface area contributed by atoms with E-state index in [2.05, 4.69) is 30.6 Å². The summed E-state index contributed by atoms with van der Waals surface area (Å²) in [4.78, 5) is 47.0. The maximum Gasteiger partial charge on any atom is 0.328 e. The summed E-state index contributed by atoms with van der Waals surface area (Å²) >= 11 is 0. The largest absolute Gasteiger partial charge is 0.480 e. The summed E-state index contributed by atoms with van der Waals surface area (Å²) in [6, 6.07) is -1.39. The number of amides is 2. The van der Waals surface area contributed by atoms with Crippen LogP contribution in [0, 0.1) is 0 Å². The number of carbonyl (C=O) groups is 4. The number of aliphatic carboxylic acids is 1. The van der Waals surface area contributed by atoms with Crippen LogP contribution < -0.4 is 10.6 Å². The Balaban J connectivity index is 3.97. The molecule has 0 aromatic rings. The van der Waals surface area contributed by atoms with Gasteiger partial charge in [-0.25, -0.2) is 4.79 Å². The van der Waals surface area contributed by atoms with Crippen molar-refractivity contribution in [3.05, 3.63) is 12.2 Å². The van der Waals surface area contributed by atoms with Crippen LogP contribution >= 0.6 is 0 Å². The van der Waals surface area contributed by atoms with Crippen molar-refractivity contribution >= 4 is 23.8 Å². The molecule has 0 saturated carbocycles. The molecule has 44 heavy (non-hydrogen) atoms. The fourth-order valence-electron chi connectivity index (χ4n) is 4.98. The van der Waals surface area contributed by atoms with E-state index in [-0.39, 0.29) is 30.9 Å². The van der Waals surface area contributed by atoms with Gasteiger partial charge in [-0.15, -0.1) is 0 Å². The Morgan fingerprint density at radius 2 is 1.20 bits per heavy atom. The van der Waals surface area contributed by atoms with Gasteiger partial charge in [-0.05, 0) is 38.2 Å². The lowest BCUT2D eigenvalue weighted by Gasteiger charge is -2.15. The Morgan fingerprint density at radius 3 is 1.73 bits per heavy atom. The van der Waals surface area contributed by atoms with Crippen molar-refractivity contribution in [3.8, 4) is 0 Å². The summed E-state index contributed by atoms with van der Waals surface area (Å²) in [6.07, 6.45) is 28.7. The first-order valence-corrected chi connectivity index (χ1v) is 17.6. The molecule has 0 heterocycles. The van der Waals surface area contributed by atoms with Gasteiger partial charge in [0.1, 0.15) is 12.1 Å². The molecule has 0 bridgehead atoms. The van der Waals surface area contributed by atoms with E-state index < -0.39 is 24.5 Å². The number of carbonyl (C=O) groups excluding carboxylic acids is 3. The highest BCUT2D eigenvalue weighted by atomic mass is 16.5. The Bertz CT molecular complexity index is 772. The summed E-state index contributed by atoms with van der Waals surface area (Å²) in [5.41, 5.74) is 0. The van der Waals surface area contributed by atoms with Gasteiger partial charge in [0.25, 0.3) is 0 Å². The average molecular weight is 625 g/mol. The number of aliphatic hydroxyl groups is 1. The van der Waals surface area contributed by atoms with Crippen molar-refractivity contribution in [1.82, 2.24) is 10.6 Å². The van der Waals surface area contributed by atoms with Crippen molar-refractivity contribution in [3.63, 3.8) is 0 Å². The number of rotatable bonds is 31. The molecule has 4 N–H and O–H groups in total. The second kappa shape index (κ2) is 30.6. The minimum atomic E-state index is -1.39. The predicted molar refractivity (Wildman–Crippen MR) is 176 cm³/mol. The van der Waals surface area contributed by atoms with Crippen LogP contribution in [0.5, 0.6) is 0 Å². The third-order valence-corrected chi connectivity index (χ3v) is 7.73. The van der Waals surface area contributed by atoms with E-state index in [9.17, 15) is 19.2 Å². The molecule has 2 amide bonds. The zero-order valence-corrected chi connectivity index (χ0v) is 27.9. The summed E-state index contributed by atoms with van der Waals surface area (Å²) < 4.78 is 5.78. The molecule has 0 aromatic carbocycles. The standard InChI is InChI=1S/C35H64N2O7/c1-3-5-7-8-9-10-11-12-13-14-15-16-17-23-27-34(41)44-30(24-20-6-4-2)25-21-18-19-22-26-32(39)36-28-33(40)37-31(29-38)35(42)43/h20,24,30-31,38H,3-19,21-23,25-29H2,1-2H3,(H,36,39)(H,37,40)(H,42,43)/b24-20-. The molecule has 2 unspecified atom stereocenters. The highest BCUT2D eigenvalue weighted by molar-refractivity contribution is 5.87. The maximum atomic E-state index is 12.5. The summed E-state index contributed by atoms with van der Waals surface area (Å²) in [5.74, 6) is -2.41. The minimum Gasteiger partial charge on any atom is -0.480 e. The molecule has 0 radical (unpaired) electrons. The number of aliphatic hydroxyl groups excluding tert-OH is 1. The van der Waals surface area contributed by atoms with Crippen LogP contribution in [-0.4, -0.2) is 59.3 Å². The van der Waals surface area contributed by atoms with Gasteiger partial charge in [-0.2, -0.15) is 0 Å². The summed E-state index contributed by atoms with van der Waals surface area (Å²) in [5, 5.41) is 22.4. The Morgan fingerprint density at radius 1 is 0.682 bits per heavy atom. The number of hydrogen-bond donors (Lipinski definition) is 4. The molecule has 0 aromatic heterocycles. The summed E-state index contributed by atoms with van der Waals surface area (Å²) in [6.45, 7) is 3.32. The average Bonchev–Trinajstić information content (AvgIpc) is 3.00. The molecule has 9 nitrogen and oxygen atoms in total. The maximum absolute atomic E-state index is 12.5. The smallest absolute Gasteiger partial charge is 0.328 e. The first-order valence-electron chi connectivity index (χ1n) is 17.6. The number of allylic oxidation sites excluding steroid dienone is 1. The van der Waals surface area contributed by atoms with Crippen LogP contribution in [0.3, 0.4) is 0 Å². The zero-order chi connectivity index (χ0) is 32.7. The van der Waals surface area contributed by atoms with E-state index in [1.807, 2.05) is 6.08 Å². The van der Waals surface area contributed by atoms with Crippen molar-refractivity contribution in [1.29, 1.82) is 0 Å². The van der Waals surface area contributed by atoms with E-state index >= 15 is 0 Å². The number of carboxylic acids is 1. The second-order valence-electron chi connectivity index (χ2n) is 12.0. The number of hydrogen-bond acceptors (Lipinski definition) is 6. The molecule has 0 aliphatic rings. The van der Waals surface area contributed by atoms with Crippen molar-refractivity contribution in [2.24, 2.45) is 0 Å². The number of nitrogens with one attached hydrogen (secondary N) is 2. The molecule has 2 atom stereocenters. The van der Waals surface area contributed by atoms with Crippen LogP contribution in [0.1, 0.15) is 162 Å². The van der Waals surface area contributed by atoms with Crippen molar-refractivity contribution in [2.45, 2.75) is 174 Å². The summed E-state index contributed by atoms with van der Waals surface area (Å²) in [7, 11) is 0. The molecule has 0 rings (SSSR count). The highest BCUT2D eigenvalue weighted by Crippen LogP contribution is 2.15. The Labute approximate surface area is 267 Å². The van der Waals surface area contributed by atoms with Gasteiger partial charge < -0.3 is 25.6 Å². The first kappa shape index (κ1) is 41.6. The molecule has 0 fully saturated rings. The van der Waals surface area contributed by atoms with Crippen molar-refractivity contribution in [2.75, 3.05) is 13.2 Å². The molecule has 0 aliphatic heterocycles. The second-order valence-corrected chi connectivity index (χ2v) is 12.0. The van der Waals surface area contributed by atoms with E-state index in [0.29, 0.717) is 12.8 Å². The third kappa shape index (κ3) is 27.2. The van der Waals surface area contributed by atoms with Gasteiger partial charge in [0.15, 0.2) is 0 Å². The van der Waals surface area contributed by atoms with Crippen molar-refractivity contribution < 1.29 is 34.1 Å². The monoisotopic (exact) mass is 624 g/mol. The van der Waals surface area contributed by atoms with E-state index in [0.717, 1.165) is 51.4 Å². The fraction of sp³-hybridized carbons (Fsp3) is 0.829. The minimum absolute atomic E-state index is 0.121. The van der Waals surface area contributed by atoms with E-state index in [1.54, 1.807) is 0 Å². The lowest BCUT2D eigenvalue weighted by molar-refractivity contribution is -0.147. The van der Waals surface area contributed by atoms with E-state index in [1.165, 1.54) is 77.0 Å². The van der Waals surface area contributed by atoms with Crippen LogP contribution in [0.25, 0.3) is 0 Å². The molecule has 9 heteroatoms. The fourth-order valence-corrected chi connectivity index (χ4v) is 4.98. The lowest BCUT2D eigenvalue weighted by Crippen LogP contribution is -2.47.